The van der Waals surface area contributed by atoms with Gasteiger partial charge in [-0.25, -0.2) is 0 Å². The number of phenolic OH excluding ortho intramolecular Hbond substituents is 2. The van der Waals surface area contributed by atoms with E-state index in [1.807, 2.05) is 6.92 Å². The van der Waals surface area contributed by atoms with Gasteiger partial charge in [-0.1, -0.05) is 57.9 Å². The number of carbonyl (C=O) groups excluding carboxylic acids is 1. The van der Waals surface area contributed by atoms with Gasteiger partial charge in [0, 0.05) is 29.8 Å². The maximum atomic E-state index is 14.1. The second-order valence-corrected chi connectivity index (χ2v) is 10.0. The van der Waals surface area contributed by atoms with Crippen LogP contribution in [-0.4, -0.2) is 33.3 Å². The SMILES string of the molecule is CCCCCCCCC(CCCC(C(=O)C(Cc1ccccn1)C(F)(F)F)c1cc(O)ccc1O)C(F)(F)F. The van der Waals surface area contributed by atoms with Crippen LogP contribution in [0.4, 0.5) is 26.3 Å². The van der Waals surface area contributed by atoms with Gasteiger partial charge >= 0.3 is 12.4 Å². The third-order valence-corrected chi connectivity index (χ3v) is 7.02. The third kappa shape index (κ3) is 10.7. The van der Waals surface area contributed by atoms with E-state index >= 15 is 0 Å². The van der Waals surface area contributed by atoms with Gasteiger partial charge in [-0.05, 0) is 49.6 Å². The molecule has 2 rings (SSSR count). The molecule has 1 heterocycles. The quantitative estimate of drug-likeness (QED) is 0.122. The molecule has 3 atom stereocenters. The Morgan fingerprint density at radius 1 is 0.846 bits per heavy atom. The number of alkyl halides is 6. The smallest absolute Gasteiger partial charge is 0.399 e. The lowest BCUT2D eigenvalue weighted by Gasteiger charge is -2.26. The molecule has 0 saturated heterocycles. The highest BCUT2D eigenvalue weighted by molar-refractivity contribution is 5.89. The van der Waals surface area contributed by atoms with E-state index in [9.17, 15) is 41.4 Å². The van der Waals surface area contributed by atoms with Crippen LogP contribution >= 0.6 is 0 Å². The number of hydrogen-bond acceptors (Lipinski definition) is 4. The van der Waals surface area contributed by atoms with Crippen LogP contribution in [0.1, 0.15) is 88.3 Å². The molecular weight excluding hydrogens is 524 g/mol. The van der Waals surface area contributed by atoms with Crippen LogP contribution in [0.25, 0.3) is 0 Å². The highest BCUT2D eigenvalue weighted by Crippen LogP contribution is 2.41. The lowest BCUT2D eigenvalue weighted by molar-refractivity contribution is -0.182. The monoisotopic (exact) mass is 561 g/mol. The van der Waals surface area contributed by atoms with Crippen molar-refractivity contribution < 1.29 is 41.4 Å². The van der Waals surface area contributed by atoms with Crippen LogP contribution in [0.3, 0.4) is 0 Å². The molecule has 0 bridgehead atoms. The molecule has 0 radical (unpaired) electrons. The van der Waals surface area contributed by atoms with Crippen molar-refractivity contribution >= 4 is 5.78 Å². The Bertz CT molecular complexity index is 1010. The molecule has 2 aromatic rings. The van der Waals surface area contributed by atoms with Crippen molar-refractivity contribution in [2.24, 2.45) is 11.8 Å². The van der Waals surface area contributed by atoms with Gasteiger partial charge in [-0.3, -0.25) is 9.78 Å². The fourth-order valence-electron chi connectivity index (χ4n) is 4.83. The summed E-state index contributed by atoms with van der Waals surface area (Å²) in [6.07, 6.45) is -4.90. The normalized spacial score (nSPS) is 14.6. The number of nitrogens with zero attached hydrogens (tertiary/aromatic N) is 1. The summed E-state index contributed by atoms with van der Waals surface area (Å²) >= 11 is 0. The van der Waals surface area contributed by atoms with Crippen LogP contribution in [-0.2, 0) is 11.2 Å². The topological polar surface area (TPSA) is 70.4 Å². The summed E-state index contributed by atoms with van der Waals surface area (Å²) in [6.45, 7) is 2.05. The van der Waals surface area contributed by atoms with E-state index < -0.39 is 48.1 Å². The zero-order valence-corrected chi connectivity index (χ0v) is 22.1. The number of hydrogen-bond donors (Lipinski definition) is 2. The van der Waals surface area contributed by atoms with Gasteiger partial charge in [0.1, 0.15) is 17.4 Å². The largest absolute Gasteiger partial charge is 0.508 e. The average molecular weight is 562 g/mol. The molecule has 2 N–H and O–H groups in total. The zero-order chi connectivity index (χ0) is 29.1. The number of aromatic nitrogens is 1. The fraction of sp³-hybridized carbons (Fsp3) is 0.586. The van der Waals surface area contributed by atoms with Crippen LogP contribution in [0.15, 0.2) is 42.6 Å². The van der Waals surface area contributed by atoms with Gasteiger partial charge in [0.05, 0.1) is 5.92 Å². The number of halogens is 6. The van der Waals surface area contributed by atoms with Crippen molar-refractivity contribution in [3.8, 4) is 11.5 Å². The summed E-state index contributed by atoms with van der Waals surface area (Å²) in [5, 5.41) is 20.2. The average Bonchev–Trinajstić information content (AvgIpc) is 2.86. The maximum absolute atomic E-state index is 14.1. The molecule has 218 valence electrons. The molecule has 39 heavy (non-hydrogen) atoms. The molecule has 0 aliphatic rings. The van der Waals surface area contributed by atoms with Crippen molar-refractivity contribution in [1.82, 2.24) is 4.98 Å². The number of unbranched alkanes of at least 4 members (excludes halogenated alkanes) is 5. The lowest BCUT2D eigenvalue weighted by Crippen LogP contribution is -2.36. The van der Waals surface area contributed by atoms with Crippen molar-refractivity contribution in [3.63, 3.8) is 0 Å². The number of pyridine rings is 1. The van der Waals surface area contributed by atoms with Gasteiger partial charge in [0.25, 0.3) is 0 Å². The first-order chi connectivity index (χ1) is 18.3. The van der Waals surface area contributed by atoms with Crippen LogP contribution in [0, 0.1) is 11.8 Å². The number of benzene rings is 1. The molecular formula is C29H37F6NO3. The fourth-order valence-corrected chi connectivity index (χ4v) is 4.83. The second-order valence-electron chi connectivity index (χ2n) is 10.0. The summed E-state index contributed by atoms with van der Waals surface area (Å²) in [5.41, 5.74) is -0.210. The molecule has 10 heteroatoms. The van der Waals surface area contributed by atoms with E-state index in [0.717, 1.165) is 43.9 Å². The predicted octanol–water partition coefficient (Wildman–Crippen LogP) is 8.67. The molecule has 0 saturated carbocycles. The van der Waals surface area contributed by atoms with Gasteiger partial charge in [0.15, 0.2) is 5.78 Å². The number of Topliss-reactive ketones (excluding diaryl/α,β-unsaturated/α-hetero) is 1. The summed E-state index contributed by atoms with van der Waals surface area (Å²) in [7, 11) is 0. The Balaban J connectivity index is 2.23. The van der Waals surface area contributed by atoms with Crippen LogP contribution < -0.4 is 0 Å². The molecule has 4 nitrogen and oxygen atoms in total. The summed E-state index contributed by atoms with van der Waals surface area (Å²) in [4.78, 5) is 17.2. The highest BCUT2D eigenvalue weighted by atomic mass is 19.4. The highest BCUT2D eigenvalue weighted by Gasteiger charge is 2.47. The number of carbonyl (C=O) groups is 1. The van der Waals surface area contributed by atoms with Crippen molar-refractivity contribution in [1.29, 1.82) is 0 Å². The van der Waals surface area contributed by atoms with Gasteiger partial charge < -0.3 is 10.2 Å². The van der Waals surface area contributed by atoms with E-state index in [4.69, 9.17) is 0 Å². The van der Waals surface area contributed by atoms with Crippen molar-refractivity contribution in [3.05, 3.63) is 53.9 Å². The number of ketones is 1. The summed E-state index contributed by atoms with van der Waals surface area (Å²) in [5.74, 6) is -7.86. The number of phenols is 2. The van der Waals surface area contributed by atoms with Crippen LogP contribution in [0.5, 0.6) is 11.5 Å². The van der Waals surface area contributed by atoms with E-state index in [2.05, 4.69) is 4.98 Å². The Morgan fingerprint density at radius 3 is 2.13 bits per heavy atom. The number of rotatable bonds is 16. The Morgan fingerprint density at radius 2 is 1.51 bits per heavy atom. The van der Waals surface area contributed by atoms with Gasteiger partial charge in [0.2, 0.25) is 0 Å². The molecule has 1 aromatic heterocycles. The van der Waals surface area contributed by atoms with Crippen LogP contribution in [0.2, 0.25) is 0 Å². The third-order valence-electron chi connectivity index (χ3n) is 7.02. The van der Waals surface area contributed by atoms with E-state index in [1.165, 1.54) is 24.4 Å². The summed E-state index contributed by atoms with van der Waals surface area (Å²) < 4.78 is 83.3. The van der Waals surface area contributed by atoms with E-state index in [1.54, 1.807) is 0 Å². The molecule has 0 fully saturated rings. The molecule has 0 aliphatic carbocycles. The first-order valence-electron chi connectivity index (χ1n) is 13.4. The lowest BCUT2D eigenvalue weighted by atomic mass is 9.80. The predicted molar refractivity (Wildman–Crippen MR) is 136 cm³/mol. The molecule has 3 unspecified atom stereocenters. The Hall–Kier alpha value is -2.78. The van der Waals surface area contributed by atoms with E-state index in [0.29, 0.717) is 12.8 Å². The molecule has 0 aliphatic heterocycles. The minimum atomic E-state index is -4.95. The second kappa shape index (κ2) is 15.1. The molecule has 1 aromatic carbocycles. The minimum Gasteiger partial charge on any atom is -0.508 e. The van der Waals surface area contributed by atoms with E-state index in [-0.39, 0.29) is 42.7 Å². The maximum Gasteiger partial charge on any atom is 0.399 e. The zero-order valence-electron chi connectivity index (χ0n) is 22.1. The van der Waals surface area contributed by atoms with Crippen molar-refractivity contribution in [2.75, 3.05) is 0 Å². The molecule has 0 spiro atoms. The van der Waals surface area contributed by atoms with Crippen molar-refractivity contribution in [2.45, 2.75) is 95.8 Å². The summed E-state index contributed by atoms with van der Waals surface area (Å²) in [6, 6.07) is 7.50. The Kier molecular flexibility index (Phi) is 12.6. The Labute approximate surface area is 225 Å². The minimum absolute atomic E-state index is 0.0307. The standard InChI is InChI=1S/C29H37F6NO3/c1-2-3-4-5-6-7-11-20(28(30,31)32)12-10-14-23(24-19-22(37)15-16-26(24)38)27(39)25(29(33,34)35)18-21-13-8-9-17-36-21/h8-9,13,15-17,19-20,23,25,37-38H,2-7,10-12,14,18H2,1H3. The number of aromatic hydroxyl groups is 2. The van der Waals surface area contributed by atoms with Gasteiger partial charge in [-0.15, -0.1) is 0 Å². The molecule has 0 amide bonds. The first kappa shape index (κ1) is 32.4. The first-order valence-corrected chi connectivity index (χ1v) is 13.4. The van der Waals surface area contributed by atoms with Gasteiger partial charge in [-0.2, -0.15) is 26.3 Å².